The van der Waals surface area contributed by atoms with Crippen molar-refractivity contribution in [2.75, 3.05) is 9.80 Å². The molecule has 0 radical (unpaired) electrons. The normalized spacial score (nSPS) is 18.0. The van der Waals surface area contributed by atoms with Gasteiger partial charge in [0.25, 0.3) is 0 Å². The van der Waals surface area contributed by atoms with E-state index in [2.05, 4.69) is 220 Å². The van der Waals surface area contributed by atoms with Crippen molar-refractivity contribution in [1.29, 1.82) is 0 Å². The molecule has 0 aromatic heterocycles. The van der Waals surface area contributed by atoms with Crippen molar-refractivity contribution in [3.05, 3.63) is 204 Å². The van der Waals surface area contributed by atoms with E-state index in [1.165, 1.54) is 61.5 Å². The third kappa shape index (κ3) is 5.57. The van der Waals surface area contributed by atoms with E-state index in [1.807, 2.05) is 0 Å². The SMILES string of the molecule is C/C=C\C1=C(C)C(C)(C)c2cc(N(c3ccc(-c4ccc5c(c4)C4C=CC=C[C@H]4N5c4ccccc4)cc3)c3cccc(-c4ccccc4)c3)ccc21. The van der Waals surface area contributed by atoms with Crippen LogP contribution in [0.1, 0.15) is 50.3 Å². The summed E-state index contributed by atoms with van der Waals surface area (Å²) in [5.41, 5.74) is 17.6. The Bertz CT molecular complexity index is 2440. The lowest BCUT2D eigenvalue weighted by atomic mass is 9.82. The Morgan fingerprint density at radius 1 is 0.604 bits per heavy atom. The molecule has 0 fully saturated rings. The molecule has 2 nitrogen and oxygen atoms in total. The van der Waals surface area contributed by atoms with Gasteiger partial charge in [0.15, 0.2) is 0 Å². The van der Waals surface area contributed by atoms with Crippen molar-refractivity contribution in [2.45, 2.75) is 45.1 Å². The molecule has 1 heterocycles. The Labute approximate surface area is 314 Å². The molecule has 1 unspecified atom stereocenters. The minimum absolute atomic E-state index is 0.0619. The summed E-state index contributed by atoms with van der Waals surface area (Å²) in [7, 11) is 0. The zero-order chi connectivity index (χ0) is 36.1. The van der Waals surface area contributed by atoms with Crippen molar-refractivity contribution in [1.82, 2.24) is 0 Å². The Kier molecular flexibility index (Phi) is 8.12. The third-order valence-corrected chi connectivity index (χ3v) is 11.7. The van der Waals surface area contributed by atoms with Crippen LogP contribution >= 0.6 is 0 Å². The fourth-order valence-corrected chi connectivity index (χ4v) is 8.66. The summed E-state index contributed by atoms with van der Waals surface area (Å²) in [5.74, 6) is 0.317. The van der Waals surface area contributed by atoms with Crippen LogP contribution < -0.4 is 9.80 Å². The van der Waals surface area contributed by atoms with Gasteiger partial charge in [0.2, 0.25) is 0 Å². The Balaban J connectivity index is 1.12. The molecule has 53 heavy (non-hydrogen) atoms. The summed E-state index contributed by atoms with van der Waals surface area (Å²) in [5, 5.41) is 0. The molecule has 0 amide bonds. The summed E-state index contributed by atoms with van der Waals surface area (Å²) < 4.78 is 0. The van der Waals surface area contributed by atoms with E-state index in [9.17, 15) is 0 Å². The van der Waals surface area contributed by atoms with Crippen LogP contribution in [-0.4, -0.2) is 6.04 Å². The molecule has 0 saturated heterocycles. The summed E-state index contributed by atoms with van der Waals surface area (Å²) in [6, 6.07) is 53.9. The lowest BCUT2D eigenvalue weighted by Crippen LogP contribution is -2.28. The zero-order valence-electron chi connectivity index (χ0n) is 30.9. The average molecular weight is 685 g/mol. The zero-order valence-corrected chi connectivity index (χ0v) is 30.9. The van der Waals surface area contributed by atoms with Crippen LogP contribution in [0, 0.1) is 0 Å². The van der Waals surface area contributed by atoms with Gasteiger partial charge < -0.3 is 9.80 Å². The van der Waals surface area contributed by atoms with Crippen molar-refractivity contribution in [2.24, 2.45) is 0 Å². The number of hydrogen-bond acceptors (Lipinski definition) is 2. The van der Waals surface area contributed by atoms with Gasteiger partial charge in [0, 0.05) is 39.8 Å². The van der Waals surface area contributed by atoms with Crippen LogP contribution in [0.15, 0.2) is 188 Å². The van der Waals surface area contributed by atoms with Gasteiger partial charge in [-0.05, 0) is 119 Å². The molecule has 0 N–H and O–H groups in total. The fraction of sp³-hybridized carbons (Fsp3) is 0.137. The van der Waals surface area contributed by atoms with E-state index in [-0.39, 0.29) is 11.5 Å². The number of anilines is 5. The maximum absolute atomic E-state index is 2.49. The molecule has 0 spiro atoms. The first-order valence-electron chi connectivity index (χ1n) is 18.8. The summed E-state index contributed by atoms with van der Waals surface area (Å²) in [6.07, 6.45) is 13.5. The molecule has 0 bridgehead atoms. The first-order valence-corrected chi connectivity index (χ1v) is 18.8. The minimum atomic E-state index is -0.0619. The number of para-hydroxylation sites is 1. The molecule has 258 valence electrons. The molecular formula is C51H44N2. The van der Waals surface area contributed by atoms with Gasteiger partial charge in [-0.15, -0.1) is 0 Å². The van der Waals surface area contributed by atoms with Crippen molar-refractivity contribution < 1.29 is 0 Å². The number of allylic oxidation sites excluding steroid dienone is 6. The summed E-state index contributed by atoms with van der Waals surface area (Å²) in [6.45, 7) is 9.10. The van der Waals surface area contributed by atoms with Gasteiger partial charge in [0.1, 0.15) is 0 Å². The molecule has 2 aliphatic carbocycles. The largest absolute Gasteiger partial charge is 0.333 e. The van der Waals surface area contributed by atoms with E-state index in [0.29, 0.717) is 5.92 Å². The number of rotatable bonds is 7. The van der Waals surface area contributed by atoms with Crippen LogP contribution in [0.3, 0.4) is 0 Å². The van der Waals surface area contributed by atoms with Gasteiger partial charge in [-0.2, -0.15) is 0 Å². The topological polar surface area (TPSA) is 6.48 Å². The molecule has 3 aliphatic rings. The molecule has 9 rings (SSSR count). The monoisotopic (exact) mass is 684 g/mol. The Morgan fingerprint density at radius 2 is 1.25 bits per heavy atom. The Hall–Kier alpha value is -6.12. The van der Waals surface area contributed by atoms with Crippen LogP contribution in [-0.2, 0) is 5.41 Å². The van der Waals surface area contributed by atoms with Crippen molar-refractivity contribution in [3.63, 3.8) is 0 Å². The van der Waals surface area contributed by atoms with Gasteiger partial charge in [0.05, 0.1) is 6.04 Å². The average Bonchev–Trinajstić information content (AvgIpc) is 3.63. The maximum atomic E-state index is 2.49. The highest BCUT2D eigenvalue weighted by molar-refractivity contribution is 5.89. The minimum Gasteiger partial charge on any atom is -0.333 e. The van der Waals surface area contributed by atoms with E-state index >= 15 is 0 Å². The number of nitrogens with zero attached hydrogens (tertiary/aromatic N) is 2. The van der Waals surface area contributed by atoms with Crippen molar-refractivity contribution >= 4 is 34.0 Å². The van der Waals surface area contributed by atoms with Crippen LogP contribution in [0.4, 0.5) is 28.4 Å². The quantitative estimate of drug-likeness (QED) is 0.165. The molecule has 2 atom stereocenters. The predicted octanol–water partition coefficient (Wildman–Crippen LogP) is 13.9. The number of hydrogen-bond donors (Lipinski definition) is 0. The third-order valence-electron chi connectivity index (χ3n) is 11.7. The number of fused-ring (bicyclic) bond motifs is 4. The second-order valence-electron chi connectivity index (χ2n) is 15.0. The second-order valence-corrected chi connectivity index (χ2v) is 15.0. The lowest BCUT2D eigenvalue weighted by Gasteiger charge is -2.29. The maximum Gasteiger partial charge on any atom is 0.0629 e. The van der Waals surface area contributed by atoms with E-state index < -0.39 is 0 Å². The standard InChI is InChI=1S/C51H44N2/c1-5-15-44-35(2)51(3,4)48-34-43(29-30-45(44)48)52(42-21-14-18-38(32-42)36-16-8-6-9-17-36)41-27-24-37(25-28-41)39-26-31-50-47(33-39)46-22-12-13-23-49(46)53(50)40-19-10-7-11-20-40/h5-34,46,49H,1-4H3/b15-5-/t46?,49-/m1/s1. The van der Waals surface area contributed by atoms with Crippen LogP contribution in [0.25, 0.3) is 27.8 Å². The van der Waals surface area contributed by atoms with E-state index in [1.54, 1.807) is 0 Å². The highest BCUT2D eigenvalue weighted by Crippen LogP contribution is 2.50. The predicted molar refractivity (Wildman–Crippen MR) is 226 cm³/mol. The van der Waals surface area contributed by atoms with E-state index in [4.69, 9.17) is 0 Å². The van der Waals surface area contributed by atoms with E-state index in [0.717, 1.165) is 17.1 Å². The van der Waals surface area contributed by atoms with Crippen LogP contribution in [0.2, 0.25) is 0 Å². The van der Waals surface area contributed by atoms with Crippen LogP contribution in [0.5, 0.6) is 0 Å². The van der Waals surface area contributed by atoms with Crippen molar-refractivity contribution in [3.8, 4) is 22.3 Å². The van der Waals surface area contributed by atoms with Gasteiger partial charge in [-0.1, -0.05) is 141 Å². The van der Waals surface area contributed by atoms with Gasteiger partial charge >= 0.3 is 0 Å². The first kappa shape index (κ1) is 32.8. The molecule has 6 aromatic rings. The molecule has 2 heteroatoms. The first-order chi connectivity index (χ1) is 25.9. The summed E-state index contributed by atoms with van der Waals surface area (Å²) in [4.78, 5) is 4.91. The molecule has 6 aromatic carbocycles. The highest BCUT2D eigenvalue weighted by atomic mass is 15.2. The molecular weight excluding hydrogens is 641 g/mol. The molecule has 0 saturated carbocycles. The summed E-state index contributed by atoms with van der Waals surface area (Å²) >= 11 is 0. The van der Waals surface area contributed by atoms with Gasteiger partial charge in [-0.3, -0.25) is 0 Å². The lowest BCUT2D eigenvalue weighted by molar-refractivity contribution is 0.639. The van der Waals surface area contributed by atoms with Gasteiger partial charge in [-0.25, -0.2) is 0 Å². The highest BCUT2D eigenvalue weighted by Gasteiger charge is 2.38. The molecule has 1 aliphatic heterocycles. The number of benzene rings is 6. The smallest absolute Gasteiger partial charge is 0.0629 e. The second kappa shape index (κ2) is 13.1. The Morgan fingerprint density at radius 3 is 2.02 bits per heavy atom. The fourth-order valence-electron chi connectivity index (χ4n) is 8.66.